The predicted octanol–water partition coefficient (Wildman–Crippen LogP) is 3.26. The molecule has 2 heterocycles. The summed E-state index contributed by atoms with van der Waals surface area (Å²) < 4.78 is 0. The van der Waals surface area contributed by atoms with Crippen molar-refractivity contribution in [1.29, 1.82) is 0 Å². The van der Waals surface area contributed by atoms with Crippen LogP contribution in [0.5, 0.6) is 0 Å². The minimum Gasteiger partial charge on any atom is -0.342 e. The topological polar surface area (TPSA) is 32.3 Å². The SMILES string of the molecule is Cc1cccc(C(C)C(=O)N(C)C2CC3CCC(C2)N3)c1.Cl. The first-order valence-electron chi connectivity index (χ1n) is 8.14. The van der Waals surface area contributed by atoms with Gasteiger partial charge in [0.2, 0.25) is 5.91 Å². The fraction of sp³-hybridized carbons (Fsp3) is 0.611. The Labute approximate surface area is 139 Å². The molecule has 2 bridgehead atoms. The zero-order chi connectivity index (χ0) is 15.0. The molecule has 0 aliphatic carbocycles. The number of amides is 1. The molecule has 2 aliphatic heterocycles. The van der Waals surface area contributed by atoms with Gasteiger partial charge in [-0.25, -0.2) is 0 Å². The second-order valence-electron chi connectivity index (χ2n) is 6.85. The molecule has 3 unspecified atom stereocenters. The molecule has 1 aromatic rings. The molecule has 1 amide bonds. The Hall–Kier alpha value is -1.06. The first-order valence-corrected chi connectivity index (χ1v) is 8.14. The molecule has 22 heavy (non-hydrogen) atoms. The Bertz CT molecular complexity index is 522. The van der Waals surface area contributed by atoms with Crippen LogP contribution in [0.25, 0.3) is 0 Å². The van der Waals surface area contributed by atoms with Crippen LogP contribution in [0.4, 0.5) is 0 Å². The summed E-state index contributed by atoms with van der Waals surface area (Å²) in [6.45, 7) is 4.11. The maximum atomic E-state index is 12.8. The molecular weight excluding hydrogens is 296 g/mol. The Morgan fingerprint density at radius 2 is 1.91 bits per heavy atom. The van der Waals surface area contributed by atoms with Gasteiger partial charge >= 0.3 is 0 Å². The molecule has 4 heteroatoms. The highest BCUT2D eigenvalue weighted by Crippen LogP contribution is 2.30. The van der Waals surface area contributed by atoms with E-state index in [1.165, 1.54) is 18.4 Å². The Morgan fingerprint density at radius 1 is 1.27 bits per heavy atom. The molecule has 0 radical (unpaired) electrons. The van der Waals surface area contributed by atoms with Gasteiger partial charge in [0.05, 0.1) is 5.92 Å². The molecule has 0 spiro atoms. The number of fused-ring (bicyclic) bond motifs is 2. The van der Waals surface area contributed by atoms with E-state index in [9.17, 15) is 4.79 Å². The van der Waals surface area contributed by atoms with Crippen LogP contribution in [0.1, 0.15) is 49.7 Å². The minimum atomic E-state index is -0.0533. The summed E-state index contributed by atoms with van der Waals surface area (Å²) in [5.41, 5.74) is 2.35. The van der Waals surface area contributed by atoms with Gasteiger partial charge in [-0.1, -0.05) is 29.8 Å². The van der Waals surface area contributed by atoms with E-state index in [-0.39, 0.29) is 24.2 Å². The van der Waals surface area contributed by atoms with Crippen LogP contribution in [-0.4, -0.2) is 36.0 Å². The van der Waals surface area contributed by atoms with Gasteiger partial charge < -0.3 is 10.2 Å². The summed E-state index contributed by atoms with van der Waals surface area (Å²) in [5.74, 6) is 0.203. The highest BCUT2D eigenvalue weighted by Gasteiger charge is 2.37. The molecule has 3 nitrogen and oxygen atoms in total. The number of benzene rings is 1. The normalized spacial score (nSPS) is 27.9. The second-order valence-corrected chi connectivity index (χ2v) is 6.85. The number of rotatable bonds is 3. The number of hydrogen-bond donors (Lipinski definition) is 1. The van der Waals surface area contributed by atoms with Crippen molar-refractivity contribution in [2.24, 2.45) is 0 Å². The molecule has 1 aromatic carbocycles. The van der Waals surface area contributed by atoms with Gasteiger partial charge in [-0.3, -0.25) is 4.79 Å². The molecule has 0 saturated carbocycles. The van der Waals surface area contributed by atoms with Gasteiger partial charge in [-0.15, -0.1) is 12.4 Å². The van der Waals surface area contributed by atoms with Crippen molar-refractivity contribution in [3.05, 3.63) is 35.4 Å². The highest BCUT2D eigenvalue weighted by molar-refractivity contribution is 5.85. The average molecular weight is 323 g/mol. The molecule has 2 fully saturated rings. The second kappa shape index (κ2) is 7.01. The van der Waals surface area contributed by atoms with Crippen molar-refractivity contribution in [3.8, 4) is 0 Å². The Morgan fingerprint density at radius 3 is 2.50 bits per heavy atom. The monoisotopic (exact) mass is 322 g/mol. The lowest BCUT2D eigenvalue weighted by Crippen LogP contribution is -2.49. The summed E-state index contributed by atoms with van der Waals surface area (Å²) in [5, 5.41) is 3.64. The lowest BCUT2D eigenvalue weighted by atomic mass is 9.94. The lowest BCUT2D eigenvalue weighted by Gasteiger charge is -2.36. The van der Waals surface area contributed by atoms with E-state index in [1.807, 2.05) is 24.9 Å². The van der Waals surface area contributed by atoms with Crippen molar-refractivity contribution in [2.45, 2.75) is 63.6 Å². The smallest absolute Gasteiger partial charge is 0.229 e. The summed E-state index contributed by atoms with van der Waals surface area (Å²) in [6.07, 6.45) is 4.77. The standard InChI is InChI=1S/C18H26N2O.ClH/c1-12-5-4-6-14(9-12)13(2)18(21)20(3)17-10-15-7-8-16(11-17)19-15;/h4-6,9,13,15-17,19H,7-8,10-11H2,1-3H3;1H. The number of piperidine rings is 1. The number of halogens is 1. The zero-order valence-corrected chi connectivity index (χ0v) is 14.5. The highest BCUT2D eigenvalue weighted by atomic mass is 35.5. The van der Waals surface area contributed by atoms with Crippen LogP contribution >= 0.6 is 12.4 Å². The summed E-state index contributed by atoms with van der Waals surface area (Å²) in [7, 11) is 1.99. The maximum Gasteiger partial charge on any atom is 0.229 e. The molecular formula is C18H27ClN2O. The Kier molecular flexibility index (Phi) is 5.51. The molecule has 2 aliphatic rings. The van der Waals surface area contributed by atoms with Crippen molar-refractivity contribution in [2.75, 3.05) is 7.05 Å². The van der Waals surface area contributed by atoms with Crippen LogP contribution in [0.15, 0.2) is 24.3 Å². The van der Waals surface area contributed by atoms with E-state index >= 15 is 0 Å². The average Bonchev–Trinajstić information content (AvgIpc) is 2.83. The third kappa shape index (κ3) is 3.47. The number of carbonyl (C=O) groups is 1. The van der Waals surface area contributed by atoms with Crippen LogP contribution in [-0.2, 0) is 4.79 Å². The predicted molar refractivity (Wildman–Crippen MR) is 92.6 cm³/mol. The molecule has 1 N–H and O–H groups in total. The largest absolute Gasteiger partial charge is 0.342 e. The maximum absolute atomic E-state index is 12.8. The lowest BCUT2D eigenvalue weighted by molar-refractivity contribution is -0.133. The number of aryl methyl sites for hydroxylation is 1. The molecule has 3 atom stereocenters. The zero-order valence-electron chi connectivity index (χ0n) is 13.7. The van der Waals surface area contributed by atoms with E-state index in [4.69, 9.17) is 0 Å². The quantitative estimate of drug-likeness (QED) is 0.926. The molecule has 3 rings (SSSR count). The van der Waals surface area contributed by atoms with Crippen molar-refractivity contribution >= 4 is 18.3 Å². The molecule has 122 valence electrons. The number of nitrogens with one attached hydrogen (secondary N) is 1. The molecule has 0 aromatic heterocycles. The van der Waals surface area contributed by atoms with Crippen LogP contribution < -0.4 is 5.32 Å². The minimum absolute atomic E-state index is 0. The first-order chi connectivity index (χ1) is 10.0. The van der Waals surface area contributed by atoms with E-state index in [2.05, 4.69) is 30.4 Å². The van der Waals surface area contributed by atoms with Gasteiger partial charge in [-0.2, -0.15) is 0 Å². The third-order valence-corrected chi connectivity index (χ3v) is 5.26. The van der Waals surface area contributed by atoms with Crippen LogP contribution in [0, 0.1) is 6.92 Å². The fourth-order valence-corrected chi connectivity index (χ4v) is 3.91. The number of carbonyl (C=O) groups excluding carboxylic acids is 1. The number of nitrogens with zero attached hydrogens (tertiary/aromatic N) is 1. The van der Waals surface area contributed by atoms with Gasteiger partial charge in [0, 0.05) is 25.2 Å². The summed E-state index contributed by atoms with van der Waals surface area (Å²) in [4.78, 5) is 14.8. The Balaban J connectivity index is 0.00000176. The summed E-state index contributed by atoms with van der Waals surface area (Å²) >= 11 is 0. The van der Waals surface area contributed by atoms with E-state index in [0.29, 0.717) is 18.1 Å². The van der Waals surface area contributed by atoms with E-state index in [0.717, 1.165) is 18.4 Å². The fourth-order valence-electron chi connectivity index (χ4n) is 3.91. The summed E-state index contributed by atoms with van der Waals surface area (Å²) in [6, 6.07) is 9.96. The van der Waals surface area contributed by atoms with Crippen molar-refractivity contribution in [3.63, 3.8) is 0 Å². The number of hydrogen-bond acceptors (Lipinski definition) is 2. The van der Waals surface area contributed by atoms with Crippen LogP contribution in [0.2, 0.25) is 0 Å². The van der Waals surface area contributed by atoms with Gasteiger partial charge in [0.25, 0.3) is 0 Å². The van der Waals surface area contributed by atoms with Crippen molar-refractivity contribution in [1.82, 2.24) is 10.2 Å². The van der Waals surface area contributed by atoms with Gasteiger partial charge in [-0.05, 0) is 45.1 Å². The molecule has 2 saturated heterocycles. The van der Waals surface area contributed by atoms with Gasteiger partial charge in [0.1, 0.15) is 0 Å². The van der Waals surface area contributed by atoms with Gasteiger partial charge in [0.15, 0.2) is 0 Å². The first kappa shape index (κ1) is 17.3. The van der Waals surface area contributed by atoms with Crippen molar-refractivity contribution < 1.29 is 4.79 Å². The van der Waals surface area contributed by atoms with Crippen LogP contribution in [0.3, 0.4) is 0 Å². The van der Waals surface area contributed by atoms with E-state index < -0.39 is 0 Å². The third-order valence-electron chi connectivity index (χ3n) is 5.26. The number of likely N-dealkylation sites (N-methyl/N-ethyl adjacent to an activating group) is 1. The van der Waals surface area contributed by atoms with E-state index in [1.54, 1.807) is 0 Å².